The van der Waals surface area contributed by atoms with Crippen LogP contribution in [-0.4, -0.2) is 36.6 Å². The maximum Gasteiger partial charge on any atom is 0.144 e. The number of likely N-dealkylation sites (tertiary alicyclic amines) is 1. The summed E-state index contributed by atoms with van der Waals surface area (Å²) in [6.07, 6.45) is 4.16. The summed E-state index contributed by atoms with van der Waals surface area (Å²) in [5.74, 6) is 1.40. The first-order chi connectivity index (χ1) is 8.15. The normalized spacial score (nSPS) is 21.4. The first kappa shape index (κ1) is 12.5. The lowest BCUT2D eigenvalue weighted by Crippen LogP contribution is -2.35. The van der Waals surface area contributed by atoms with Crippen molar-refractivity contribution < 1.29 is 0 Å². The highest BCUT2D eigenvalue weighted by atomic mass is 35.5. The van der Waals surface area contributed by atoms with Crippen molar-refractivity contribution >= 4 is 23.1 Å². The minimum atomic E-state index is 0.592. The van der Waals surface area contributed by atoms with Gasteiger partial charge in [0.1, 0.15) is 5.82 Å². The van der Waals surface area contributed by atoms with Crippen LogP contribution in [-0.2, 0) is 0 Å². The second kappa shape index (κ2) is 5.56. The van der Waals surface area contributed by atoms with E-state index < -0.39 is 0 Å². The minimum Gasteiger partial charge on any atom is -0.397 e. The Balaban J connectivity index is 1.88. The van der Waals surface area contributed by atoms with Gasteiger partial charge in [-0.05, 0) is 38.4 Å². The van der Waals surface area contributed by atoms with Gasteiger partial charge >= 0.3 is 0 Å². The van der Waals surface area contributed by atoms with Crippen LogP contribution in [0.2, 0.25) is 5.02 Å². The van der Waals surface area contributed by atoms with Crippen LogP contribution in [0.1, 0.15) is 12.8 Å². The van der Waals surface area contributed by atoms with E-state index in [1.807, 2.05) is 0 Å². The monoisotopic (exact) mass is 254 g/mol. The van der Waals surface area contributed by atoms with Gasteiger partial charge < -0.3 is 16.0 Å². The molecular weight excluding hydrogens is 236 g/mol. The van der Waals surface area contributed by atoms with E-state index in [0.29, 0.717) is 16.6 Å². The number of pyridine rings is 1. The van der Waals surface area contributed by atoms with Crippen LogP contribution in [0.15, 0.2) is 12.3 Å². The van der Waals surface area contributed by atoms with Crippen molar-refractivity contribution in [2.75, 3.05) is 37.7 Å². The molecule has 0 bridgehead atoms. The number of hydrogen-bond donors (Lipinski definition) is 2. The topological polar surface area (TPSA) is 54.2 Å². The maximum absolute atomic E-state index is 6.06. The Morgan fingerprint density at radius 1 is 1.65 bits per heavy atom. The minimum absolute atomic E-state index is 0.592. The molecule has 0 spiro atoms. The van der Waals surface area contributed by atoms with Crippen LogP contribution in [0, 0.1) is 5.92 Å². The van der Waals surface area contributed by atoms with Crippen molar-refractivity contribution in [3.8, 4) is 0 Å². The van der Waals surface area contributed by atoms with E-state index in [-0.39, 0.29) is 0 Å². The predicted octanol–water partition coefficient (Wildman–Crippen LogP) is 2.07. The van der Waals surface area contributed by atoms with Crippen molar-refractivity contribution in [1.29, 1.82) is 0 Å². The summed E-state index contributed by atoms with van der Waals surface area (Å²) in [7, 11) is 2.17. The summed E-state index contributed by atoms with van der Waals surface area (Å²) >= 11 is 6.06. The van der Waals surface area contributed by atoms with Gasteiger partial charge in [0.15, 0.2) is 0 Å². The fourth-order valence-corrected chi connectivity index (χ4v) is 2.51. The van der Waals surface area contributed by atoms with Gasteiger partial charge in [0.2, 0.25) is 0 Å². The average Bonchev–Trinajstić information content (AvgIpc) is 2.28. The molecule has 1 unspecified atom stereocenters. The van der Waals surface area contributed by atoms with Crippen molar-refractivity contribution in [1.82, 2.24) is 9.88 Å². The first-order valence-corrected chi connectivity index (χ1v) is 6.36. The molecule has 1 atom stereocenters. The van der Waals surface area contributed by atoms with Crippen molar-refractivity contribution in [3.63, 3.8) is 0 Å². The highest BCUT2D eigenvalue weighted by Crippen LogP contribution is 2.22. The summed E-state index contributed by atoms with van der Waals surface area (Å²) in [6.45, 7) is 3.26. The first-order valence-electron chi connectivity index (χ1n) is 5.98. The van der Waals surface area contributed by atoms with E-state index in [1.165, 1.54) is 19.4 Å². The van der Waals surface area contributed by atoms with Crippen molar-refractivity contribution in [2.45, 2.75) is 12.8 Å². The van der Waals surface area contributed by atoms with Gasteiger partial charge in [-0.3, -0.25) is 0 Å². The van der Waals surface area contributed by atoms with Crippen molar-refractivity contribution in [3.05, 3.63) is 17.3 Å². The number of nitrogens with two attached hydrogens (primary N) is 1. The Morgan fingerprint density at radius 3 is 3.18 bits per heavy atom. The van der Waals surface area contributed by atoms with E-state index in [1.54, 1.807) is 12.3 Å². The molecule has 17 heavy (non-hydrogen) atoms. The highest BCUT2D eigenvalue weighted by molar-refractivity contribution is 6.33. The molecule has 2 rings (SSSR count). The SMILES string of the molecule is CN1CCCC(CNc2ncc(N)cc2Cl)C1. The molecule has 1 aliphatic heterocycles. The number of nitrogen functional groups attached to an aromatic ring is 1. The fourth-order valence-electron chi connectivity index (χ4n) is 2.26. The lowest BCUT2D eigenvalue weighted by atomic mass is 9.98. The van der Waals surface area contributed by atoms with Gasteiger partial charge in [-0.1, -0.05) is 11.6 Å². The Bertz CT molecular complexity index is 383. The average molecular weight is 255 g/mol. The Morgan fingerprint density at radius 2 is 2.47 bits per heavy atom. The van der Waals surface area contributed by atoms with E-state index in [2.05, 4.69) is 22.2 Å². The zero-order chi connectivity index (χ0) is 12.3. The molecule has 1 fully saturated rings. The van der Waals surface area contributed by atoms with Crippen LogP contribution in [0.5, 0.6) is 0 Å². The predicted molar refractivity (Wildman–Crippen MR) is 72.4 cm³/mol. The van der Waals surface area contributed by atoms with Gasteiger partial charge in [-0.25, -0.2) is 4.98 Å². The summed E-state index contributed by atoms with van der Waals surface area (Å²) in [5.41, 5.74) is 6.20. The third kappa shape index (κ3) is 3.48. The van der Waals surface area contributed by atoms with Crippen LogP contribution < -0.4 is 11.1 Å². The number of hydrogen-bond acceptors (Lipinski definition) is 4. The third-order valence-electron chi connectivity index (χ3n) is 3.14. The molecule has 0 saturated carbocycles. The van der Waals surface area contributed by atoms with E-state index in [4.69, 9.17) is 17.3 Å². The molecule has 1 aliphatic rings. The molecule has 3 N–H and O–H groups in total. The zero-order valence-electron chi connectivity index (χ0n) is 10.1. The smallest absolute Gasteiger partial charge is 0.144 e. The molecule has 0 radical (unpaired) electrons. The molecule has 0 aliphatic carbocycles. The van der Waals surface area contributed by atoms with Crippen molar-refractivity contribution in [2.24, 2.45) is 5.92 Å². The number of nitrogens with zero attached hydrogens (tertiary/aromatic N) is 2. The second-order valence-electron chi connectivity index (χ2n) is 4.75. The van der Waals surface area contributed by atoms with Crippen LogP contribution in [0.25, 0.3) is 0 Å². The lowest BCUT2D eigenvalue weighted by Gasteiger charge is -2.29. The Hall–Kier alpha value is -1.00. The lowest BCUT2D eigenvalue weighted by molar-refractivity contribution is 0.217. The van der Waals surface area contributed by atoms with E-state index in [9.17, 15) is 0 Å². The molecular formula is C12H19ClN4. The number of piperidine rings is 1. The molecule has 1 aromatic rings. The Labute approximate surface area is 107 Å². The quantitative estimate of drug-likeness (QED) is 0.867. The largest absolute Gasteiger partial charge is 0.397 e. The van der Waals surface area contributed by atoms with Crippen LogP contribution in [0.3, 0.4) is 0 Å². The second-order valence-corrected chi connectivity index (χ2v) is 5.16. The number of aromatic nitrogens is 1. The number of anilines is 2. The van der Waals surface area contributed by atoms with Gasteiger partial charge in [-0.2, -0.15) is 0 Å². The van der Waals surface area contributed by atoms with E-state index >= 15 is 0 Å². The maximum atomic E-state index is 6.06. The summed E-state index contributed by atoms with van der Waals surface area (Å²) in [4.78, 5) is 6.57. The molecule has 0 aromatic carbocycles. The fraction of sp³-hybridized carbons (Fsp3) is 0.583. The summed E-state index contributed by atoms with van der Waals surface area (Å²) in [6, 6.07) is 1.73. The van der Waals surface area contributed by atoms with Gasteiger partial charge in [0.25, 0.3) is 0 Å². The third-order valence-corrected chi connectivity index (χ3v) is 3.43. The molecule has 4 nitrogen and oxygen atoms in total. The number of halogens is 1. The molecule has 94 valence electrons. The van der Waals surface area contributed by atoms with Crippen LogP contribution in [0.4, 0.5) is 11.5 Å². The standard InChI is InChI=1S/C12H19ClN4/c1-17-4-2-3-9(8-17)6-15-12-11(13)5-10(14)7-16-12/h5,7,9H,2-4,6,8,14H2,1H3,(H,15,16). The summed E-state index contributed by atoms with van der Waals surface area (Å²) < 4.78 is 0. The molecule has 1 saturated heterocycles. The number of rotatable bonds is 3. The highest BCUT2D eigenvalue weighted by Gasteiger charge is 2.17. The van der Waals surface area contributed by atoms with Crippen LogP contribution >= 0.6 is 11.6 Å². The molecule has 1 aromatic heterocycles. The number of nitrogens with one attached hydrogen (secondary N) is 1. The van der Waals surface area contributed by atoms with Gasteiger partial charge in [-0.15, -0.1) is 0 Å². The van der Waals surface area contributed by atoms with E-state index in [0.717, 1.165) is 18.9 Å². The van der Waals surface area contributed by atoms with Gasteiger partial charge in [0, 0.05) is 13.1 Å². The molecule has 2 heterocycles. The Kier molecular flexibility index (Phi) is 4.07. The molecule has 0 amide bonds. The zero-order valence-corrected chi connectivity index (χ0v) is 10.9. The van der Waals surface area contributed by atoms with Gasteiger partial charge in [0.05, 0.1) is 16.9 Å². The summed E-state index contributed by atoms with van der Waals surface area (Å²) in [5, 5.41) is 3.90. The molecule has 5 heteroatoms.